The fraction of sp³-hybridized carbons (Fsp3) is 0.400. The van der Waals surface area contributed by atoms with Gasteiger partial charge in [0.1, 0.15) is 0 Å². The fourth-order valence-corrected chi connectivity index (χ4v) is 1.36. The number of hydrogen-bond acceptors (Lipinski definition) is 3. The number of ether oxygens (including phenoxy) is 1. The second-order valence-electron chi connectivity index (χ2n) is 3.37. The van der Waals surface area contributed by atoms with Crippen LogP contribution >= 0.6 is 11.6 Å². The molecular formula is C10H11ClN2O2. The van der Waals surface area contributed by atoms with Crippen LogP contribution in [0.1, 0.15) is 23.3 Å². The molecule has 0 unspecified atom stereocenters. The second kappa shape index (κ2) is 4.06. The Balaban J connectivity index is 2.33. The highest BCUT2D eigenvalue weighted by Crippen LogP contribution is 2.33. The molecule has 0 spiro atoms. The standard InChI is InChI=1S/C10H11ClN2O2/c1-12-10(14)8-9(15-6-2-3-6)7(11)4-5-13-8/h4-6H,2-3H2,1H3,(H,12,14). The van der Waals surface area contributed by atoms with Gasteiger partial charge in [-0.25, -0.2) is 4.98 Å². The van der Waals surface area contributed by atoms with Crippen molar-refractivity contribution < 1.29 is 9.53 Å². The lowest BCUT2D eigenvalue weighted by atomic mass is 10.3. The molecule has 1 heterocycles. The minimum atomic E-state index is -0.284. The first kappa shape index (κ1) is 10.2. The van der Waals surface area contributed by atoms with Crippen LogP contribution in [0.3, 0.4) is 0 Å². The highest BCUT2D eigenvalue weighted by atomic mass is 35.5. The Morgan fingerprint density at radius 2 is 2.40 bits per heavy atom. The molecule has 1 saturated carbocycles. The number of hydrogen-bond donors (Lipinski definition) is 1. The summed E-state index contributed by atoms with van der Waals surface area (Å²) in [6, 6.07) is 1.62. The van der Waals surface area contributed by atoms with Crippen LogP contribution in [0.15, 0.2) is 12.3 Å². The summed E-state index contributed by atoms with van der Waals surface area (Å²) < 4.78 is 5.55. The van der Waals surface area contributed by atoms with Gasteiger partial charge in [-0.1, -0.05) is 11.6 Å². The molecule has 1 aliphatic carbocycles. The van der Waals surface area contributed by atoms with Crippen molar-refractivity contribution >= 4 is 17.5 Å². The van der Waals surface area contributed by atoms with Gasteiger partial charge >= 0.3 is 0 Å². The van der Waals surface area contributed by atoms with Gasteiger partial charge in [-0.05, 0) is 18.9 Å². The van der Waals surface area contributed by atoms with Crippen molar-refractivity contribution in [3.05, 3.63) is 23.0 Å². The van der Waals surface area contributed by atoms with E-state index in [9.17, 15) is 4.79 Å². The maximum Gasteiger partial charge on any atom is 0.273 e. The van der Waals surface area contributed by atoms with Crippen molar-refractivity contribution in [3.8, 4) is 5.75 Å². The number of amides is 1. The van der Waals surface area contributed by atoms with E-state index in [1.807, 2.05) is 0 Å². The largest absolute Gasteiger partial charge is 0.486 e. The van der Waals surface area contributed by atoms with E-state index >= 15 is 0 Å². The van der Waals surface area contributed by atoms with Crippen LogP contribution in [0.5, 0.6) is 5.75 Å². The van der Waals surface area contributed by atoms with E-state index in [1.54, 1.807) is 13.1 Å². The molecule has 1 aromatic heterocycles. The average Bonchev–Trinajstić information content (AvgIpc) is 3.04. The van der Waals surface area contributed by atoms with Gasteiger partial charge in [-0.2, -0.15) is 0 Å². The van der Waals surface area contributed by atoms with E-state index in [-0.39, 0.29) is 17.7 Å². The Bertz CT molecular complexity index is 391. The first-order valence-electron chi connectivity index (χ1n) is 4.75. The van der Waals surface area contributed by atoms with Crippen LogP contribution in [0.4, 0.5) is 0 Å². The minimum absolute atomic E-state index is 0.190. The second-order valence-corrected chi connectivity index (χ2v) is 3.77. The van der Waals surface area contributed by atoms with E-state index in [0.717, 1.165) is 12.8 Å². The Hall–Kier alpha value is -1.29. The van der Waals surface area contributed by atoms with Crippen molar-refractivity contribution in [2.75, 3.05) is 7.05 Å². The number of halogens is 1. The molecule has 0 aliphatic heterocycles. The maximum atomic E-state index is 11.5. The average molecular weight is 227 g/mol. The zero-order chi connectivity index (χ0) is 10.8. The maximum absolute atomic E-state index is 11.5. The number of nitrogens with zero attached hydrogens (tertiary/aromatic N) is 1. The van der Waals surface area contributed by atoms with Gasteiger partial charge in [-0.15, -0.1) is 0 Å². The molecule has 2 rings (SSSR count). The number of carbonyl (C=O) groups excluding carboxylic acids is 1. The third-order valence-electron chi connectivity index (χ3n) is 2.11. The molecule has 0 bridgehead atoms. The molecule has 5 heteroatoms. The summed E-state index contributed by atoms with van der Waals surface area (Å²) in [4.78, 5) is 15.4. The van der Waals surface area contributed by atoms with Crippen LogP contribution < -0.4 is 10.1 Å². The number of rotatable bonds is 3. The van der Waals surface area contributed by atoms with Gasteiger partial charge in [-0.3, -0.25) is 4.79 Å². The predicted octanol–water partition coefficient (Wildman–Crippen LogP) is 1.64. The molecule has 80 valence electrons. The van der Waals surface area contributed by atoms with E-state index < -0.39 is 0 Å². The normalized spacial score (nSPS) is 14.8. The summed E-state index contributed by atoms with van der Waals surface area (Å²) in [6.07, 6.45) is 3.71. The summed E-state index contributed by atoms with van der Waals surface area (Å²) in [5, 5.41) is 2.93. The van der Waals surface area contributed by atoms with Crippen LogP contribution in [-0.2, 0) is 0 Å². The highest BCUT2D eigenvalue weighted by Gasteiger charge is 2.27. The number of nitrogens with one attached hydrogen (secondary N) is 1. The molecule has 0 atom stereocenters. The zero-order valence-corrected chi connectivity index (χ0v) is 9.04. The molecule has 15 heavy (non-hydrogen) atoms. The zero-order valence-electron chi connectivity index (χ0n) is 8.29. The molecule has 0 aromatic carbocycles. The first-order valence-corrected chi connectivity index (χ1v) is 5.13. The molecular weight excluding hydrogens is 216 g/mol. The third kappa shape index (κ3) is 2.21. The van der Waals surface area contributed by atoms with Gasteiger partial charge in [0.15, 0.2) is 11.4 Å². The molecule has 4 nitrogen and oxygen atoms in total. The SMILES string of the molecule is CNC(=O)c1nccc(Cl)c1OC1CC1. The lowest BCUT2D eigenvalue weighted by molar-refractivity contribution is 0.0953. The molecule has 0 saturated heterocycles. The Morgan fingerprint density at radius 3 is 3.00 bits per heavy atom. The van der Waals surface area contributed by atoms with Crippen LogP contribution in [0.25, 0.3) is 0 Å². The van der Waals surface area contributed by atoms with Crippen molar-refractivity contribution in [2.24, 2.45) is 0 Å². The monoisotopic (exact) mass is 226 g/mol. The highest BCUT2D eigenvalue weighted by molar-refractivity contribution is 6.32. The Labute approximate surface area is 92.6 Å². The van der Waals surface area contributed by atoms with Crippen molar-refractivity contribution in [1.29, 1.82) is 0 Å². The van der Waals surface area contributed by atoms with Crippen LogP contribution in [0, 0.1) is 0 Å². The van der Waals surface area contributed by atoms with E-state index in [2.05, 4.69) is 10.3 Å². The van der Waals surface area contributed by atoms with Gasteiger partial charge in [0, 0.05) is 13.2 Å². The van der Waals surface area contributed by atoms with Crippen molar-refractivity contribution in [3.63, 3.8) is 0 Å². The van der Waals surface area contributed by atoms with Crippen molar-refractivity contribution in [1.82, 2.24) is 10.3 Å². The third-order valence-corrected chi connectivity index (χ3v) is 2.41. The minimum Gasteiger partial charge on any atom is -0.486 e. The molecule has 1 fully saturated rings. The smallest absolute Gasteiger partial charge is 0.273 e. The quantitative estimate of drug-likeness (QED) is 0.853. The summed E-state index contributed by atoms with van der Waals surface area (Å²) in [5.41, 5.74) is 0.247. The van der Waals surface area contributed by atoms with Gasteiger partial charge in [0.05, 0.1) is 11.1 Å². The topological polar surface area (TPSA) is 51.2 Å². The van der Waals surface area contributed by atoms with Gasteiger partial charge in [0.2, 0.25) is 0 Å². The lowest BCUT2D eigenvalue weighted by Gasteiger charge is -2.10. The van der Waals surface area contributed by atoms with Gasteiger partial charge in [0.25, 0.3) is 5.91 Å². The summed E-state index contributed by atoms with van der Waals surface area (Å²) in [5.74, 6) is 0.106. The number of pyridine rings is 1. The fourth-order valence-electron chi connectivity index (χ4n) is 1.17. The Kier molecular flexibility index (Phi) is 2.77. The number of carbonyl (C=O) groups is 1. The van der Waals surface area contributed by atoms with E-state index in [0.29, 0.717) is 10.8 Å². The molecule has 1 aliphatic rings. The molecule has 0 radical (unpaired) electrons. The molecule has 1 amide bonds. The predicted molar refractivity (Wildman–Crippen MR) is 56.3 cm³/mol. The number of aromatic nitrogens is 1. The lowest BCUT2D eigenvalue weighted by Crippen LogP contribution is -2.20. The Morgan fingerprint density at radius 1 is 1.67 bits per heavy atom. The van der Waals surface area contributed by atoms with Crippen molar-refractivity contribution in [2.45, 2.75) is 18.9 Å². The summed E-state index contributed by atoms with van der Waals surface area (Å²) >= 11 is 5.96. The van der Waals surface area contributed by atoms with E-state index in [4.69, 9.17) is 16.3 Å². The van der Waals surface area contributed by atoms with Gasteiger partial charge < -0.3 is 10.1 Å². The molecule has 1 aromatic rings. The van der Waals surface area contributed by atoms with Crippen LogP contribution in [-0.4, -0.2) is 24.0 Å². The van der Waals surface area contributed by atoms with E-state index in [1.165, 1.54) is 6.20 Å². The summed E-state index contributed by atoms with van der Waals surface area (Å²) in [6.45, 7) is 0. The summed E-state index contributed by atoms with van der Waals surface area (Å²) in [7, 11) is 1.55. The molecule has 1 N–H and O–H groups in total. The van der Waals surface area contributed by atoms with Crippen LogP contribution in [0.2, 0.25) is 5.02 Å². The first-order chi connectivity index (χ1) is 7.22.